The molecule has 0 atom stereocenters. The van der Waals surface area contributed by atoms with E-state index in [0.29, 0.717) is 0 Å². The maximum absolute atomic E-state index is 12.0. The number of nitrogens with one attached hydrogen (secondary N) is 1. The third kappa shape index (κ3) is 4.87. The molecule has 0 unspecified atom stereocenters. The molecule has 1 aromatic rings. The van der Waals surface area contributed by atoms with Gasteiger partial charge in [0.05, 0.1) is 17.1 Å². The monoisotopic (exact) mass is 302 g/mol. The summed E-state index contributed by atoms with van der Waals surface area (Å²) in [6.07, 6.45) is 0. The Bertz CT molecular complexity index is 578. The third-order valence-corrected chi connectivity index (χ3v) is 3.79. The van der Waals surface area contributed by atoms with Gasteiger partial charge in [-0.2, -0.15) is 0 Å². The number of para-hydroxylation sites is 1. The SMILES string of the molecule is CC(C)(C)OCCNS(=O)(=O)c1ccccc1[N+](=O)[O-]. The zero-order valence-electron chi connectivity index (χ0n) is 11.6. The summed E-state index contributed by atoms with van der Waals surface area (Å²) in [5, 5.41) is 10.8. The minimum atomic E-state index is -3.93. The van der Waals surface area contributed by atoms with Crippen LogP contribution in [-0.2, 0) is 14.8 Å². The molecule has 1 rings (SSSR count). The Labute approximate surface area is 118 Å². The molecule has 0 aliphatic heterocycles. The molecule has 8 heteroatoms. The van der Waals surface area contributed by atoms with Crippen molar-refractivity contribution < 1.29 is 18.1 Å². The van der Waals surface area contributed by atoms with Crippen LogP contribution in [0, 0.1) is 10.1 Å². The second-order valence-corrected chi connectivity index (χ2v) is 6.82. The molecule has 0 aromatic heterocycles. The Morgan fingerprint density at radius 2 is 1.90 bits per heavy atom. The standard InChI is InChI=1S/C12H18N2O5S/c1-12(2,3)19-9-8-13-20(17,18)11-7-5-4-6-10(11)14(15)16/h4-7,13H,8-9H2,1-3H3. The number of rotatable bonds is 6. The van der Waals surface area contributed by atoms with E-state index in [2.05, 4.69) is 4.72 Å². The number of nitro groups is 1. The number of hydrogen-bond donors (Lipinski definition) is 1. The van der Waals surface area contributed by atoms with E-state index in [4.69, 9.17) is 4.74 Å². The molecule has 0 spiro atoms. The van der Waals surface area contributed by atoms with Crippen LogP contribution in [0.15, 0.2) is 29.2 Å². The molecule has 0 bridgehead atoms. The van der Waals surface area contributed by atoms with Crippen LogP contribution in [0.3, 0.4) is 0 Å². The molecule has 0 saturated heterocycles. The lowest BCUT2D eigenvalue weighted by Crippen LogP contribution is -2.31. The van der Waals surface area contributed by atoms with Gasteiger partial charge in [0.25, 0.3) is 5.69 Å². The first-order valence-corrected chi connectivity index (χ1v) is 7.49. The van der Waals surface area contributed by atoms with Gasteiger partial charge in [0.15, 0.2) is 4.90 Å². The van der Waals surface area contributed by atoms with Gasteiger partial charge in [-0.05, 0) is 26.8 Å². The average molecular weight is 302 g/mol. The summed E-state index contributed by atoms with van der Waals surface area (Å²) >= 11 is 0. The zero-order chi connectivity index (χ0) is 15.4. The van der Waals surface area contributed by atoms with Crippen molar-refractivity contribution >= 4 is 15.7 Å². The summed E-state index contributed by atoms with van der Waals surface area (Å²) in [4.78, 5) is 9.75. The Morgan fingerprint density at radius 3 is 2.45 bits per heavy atom. The normalized spacial score (nSPS) is 12.3. The Morgan fingerprint density at radius 1 is 1.30 bits per heavy atom. The van der Waals surface area contributed by atoms with Crippen molar-refractivity contribution in [2.75, 3.05) is 13.2 Å². The van der Waals surface area contributed by atoms with Gasteiger partial charge in [0.2, 0.25) is 10.0 Å². The molecular formula is C12H18N2O5S. The highest BCUT2D eigenvalue weighted by Crippen LogP contribution is 2.22. The fourth-order valence-corrected chi connectivity index (χ4v) is 2.63. The lowest BCUT2D eigenvalue weighted by atomic mass is 10.2. The van der Waals surface area contributed by atoms with Gasteiger partial charge >= 0.3 is 0 Å². The largest absolute Gasteiger partial charge is 0.375 e. The molecule has 1 N–H and O–H groups in total. The van der Waals surface area contributed by atoms with Gasteiger partial charge in [-0.3, -0.25) is 10.1 Å². The number of nitro benzene ring substituents is 1. The first kappa shape index (κ1) is 16.5. The van der Waals surface area contributed by atoms with E-state index < -0.39 is 20.6 Å². The van der Waals surface area contributed by atoms with Gasteiger partial charge in [0.1, 0.15) is 0 Å². The topological polar surface area (TPSA) is 98.5 Å². The predicted molar refractivity (Wildman–Crippen MR) is 74.0 cm³/mol. The molecular weight excluding hydrogens is 284 g/mol. The van der Waals surface area contributed by atoms with Crippen LogP contribution >= 0.6 is 0 Å². The van der Waals surface area contributed by atoms with E-state index in [1.165, 1.54) is 18.2 Å². The van der Waals surface area contributed by atoms with Gasteiger partial charge in [-0.25, -0.2) is 13.1 Å². The highest BCUT2D eigenvalue weighted by molar-refractivity contribution is 7.89. The quantitative estimate of drug-likeness (QED) is 0.490. The third-order valence-electron chi connectivity index (χ3n) is 2.28. The van der Waals surface area contributed by atoms with Crippen molar-refractivity contribution in [3.05, 3.63) is 34.4 Å². The summed E-state index contributed by atoms with van der Waals surface area (Å²) in [6, 6.07) is 5.21. The molecule has 20 heavy (non-hydrogen) atoms. The molecule has 0 amide bonds. The number of hydrogen-bond acceptors (Lipinski definition) is 5. The van der Waals surface area contributed by atoms with E-state index in [0.717, 1.165) is 6.07 Å². The maximum Gasteiger partial charge on any atom is 0.289 e. The highest BCUT2D eigenvalue weighted by atomic mass is 32.2. The number of benzene rings is 1. The number of nitrogens with zero attached hydrogens (tertiary/aromatic N) is 1. The average Bonchev–Trinajstić information content (AvgIpc) is 2.33. The van der Waals surface area contributed by atoms with Crippen LogP contribution in [0.4, 0.5) is 5.69 Å². The summed E-state index contributed by atoms with van der Waals surface area (Å²) in [5.74, 6) is 0. The first-order valence-electron chi connectivity index (χ1n) is 6.00. The maximum atomic E-state index is 12.0. The van der Waals surface area contributed by atoms with E-state index >= 15 is 0 Å². The molecule has 0 fully saturated rings. The van der Waals surface area contributed by atoms with Crippen molar-refractivity contribution in [1.82, 2.24) is 4.72 Å². The van der Waals surface area contributed by atoms with Crippen LogP contribution in [0.25, 0.3) is 0 Å². The molecule has 1 aromatic carbocycles. The molecule has 0 aliphatic rings. The summed E-state index contributed by atoms with van der Waals surface area (Å²) < 4.78 is 31.7. The van der Waals surface area contributed by atoms with Crippen molar-refractivity contribution in [1.29, 1.82) is 0 Å². The second-order valence-electron chi connectivity index (χ2n) is 5.08. The lowest BCUT2D eigenvalue weighted by molar-refractivity contribution is -0.387. The Balaban J connectivity index is 2.78. The molecule has 0 aliphatic carbocycles. The fourth-order valence-electron chi connectivity index (χ4n) is 1.45. The van der Waals surface area contributed by atoms with E-state index in [1.807, 2.05) is 20.8 Å². The Hall–Kier alpha value is -1.51. The summed E-state index contributed by atoms with van der Waals surface area (Å²) in [7, 11) is -3.93. The van der Waals surface area contributed by atoms with Crippen LogP contribution in [0.2, 0.25) is 0 Å². The molecule has 0 saturated carbocycles. The summed E-state index contributed by atoms with van der Waals surface area (Å²) in [6.45, 7) is 5.78. The number of sulfonamides is 1. The van der Waals surface area contributed by atoms with E-state index in [1.54, 1.807) is 0 Å². The van der Waals surface area contributed by atoms with Crippen molar-refractivity contribution in [2.24, 2.45) is 0 Å². The fraction of sp³-hybridized carbons (Fsp3) is 0.500. The minimum Gasteiger partial charge on any atom is -0.375 e. The molecule has 7 nitrogen and oxygen atoms in total. The van der Waals surface area contributed by atoms with Gasteiger partial charge in [0, 0.05) is 12.6 Å². The predicted octanol–water partition coefficient (Wildman–Crippen LogP) is 1.69. The van der Waals surface area contributed by atoms with E-state index in [9.17, 15) is 18.5 Å². The highest BCUT2D eigenvalue weighted by Gasteiger charge is 2.24. The van der Waals surface area contributed by atoms with Gasteiger partial charge in [-0.15, -0.1) is 0 Å². The van der Waals surface area contributed by atoms with Crippen LogP contribution in [0.5, 0.6) is 0 Å². The molecule has 0 heterocycles. The van der Waals surface area contributed by atoms with Crippen molar-refractivity contribution in [2.45, 2.75) is 31.3 Å². The summed E-state index contributed by atoms with van der Waals surface area (Å²) in [5.41, 5.74) is -0.818. The van der Waals surface area contributed by atoms with Crippen molar-refractivity contribution in [3.63, 3.8) is 0 Å². The van der Waals surface area contributed by atoms with Crippen LogP contribution in [-0.4, -0.2) is 32.1 Å². The van der Waals surface area contributed by atoms with Crippen molar-refractivity contribution in [3.8, 4) is 0 Å². The molecule has 0 radical (unpaired) electrons. The van der Waals surface area contributed by atoms with Gasteiger partial charge in [-0.1, -0.05) is 12.1 Å². The number of ether oxygens (including phenoxy) is 1. The van der Waals surface area contributed by atoms with Gasteiger partial charge < -0.3 is 4.74 Å². The van der Waals surface area contributed by atoms with E-state index in [-0.39, 0.29) is 23.6 Å². The molecule has 112 valence electrons. The van der Waals surface area contributed by atoms with Crippen LogP contribution < -0.4 is 4.72 Å². The minimum absolute atomic E-state index is 0.0473. The zero-order valence-corrected chi connectivity index (χ0v) is 12.4. The smallest absolute Gasteiger partial charge is 0.289 e. The Kier molecular flexibility index (Phi) is 5.21. The van der Waals surface area contributed by atoms with Crippen LogP contribution in [0.1, 0.15) is 20.8 Å². The lowest BCUT2D eigenvalue weighted by Gasteiger charge is -2.19. The second kappa shape index (κ2) is 6.29. The first-order chi connectivity index (χ1) is 9.13.